The molecule has 1 unspecified atom stereocenters. The number of imidazole rings is 1. The Morgan fingerprint density at radius 1 is 1.56 bits per heavy atom. The van der Waals surface area contributed by atoms with Gasteiger partial charge in [-0.15, -0.1) is 0 Å². The quantitative estimate of drug-likeness (QED) is 0.792. The number of fused-ring (bicyclic) bond motifs is 1. The number of aryl methyl sites for hydroxylation is 1. The van der Waals surface area contributed by atoms with E-state index in [0.717, 1.165) is 18.8 Å². The highest BCUT2D eigenvalue weighted by Crippen LogP contribution is 2.23. The van der Waals surface area contributed by atoms with E-state index in [4.69, 9.17) is 0 Å². The van der Waals surface area contributed by atoms with Crippen molar-refractivity contribution in [2.75, 3.05) is 0 Å². The molecule has 0 saturated heterocycles. The van der Waals surface area contributed by atoms with Crippen molar-refractivity contribution < 1.29 is 8.42 Å². The summed E-state index contributed by atoms with van der Waals surface area (Å²) < 4.78 is 30.4. The zero-order valence-electron chi connectivity index (χ0n) is 9.34. The summed E-state index contributed by atoms with van der Waals surface area (Å²) in [7, 11) is -3.44. The van der Waals surface area contributed by atoms with Gasteiger partial charge in [-0.1, -0.05) is 0 Å². The van der Waals surface area contributed by atoms with Gasteiger partial charge in [-0.2, -0.15) is 17.9 Å². The lowest BCUT2D eigenvalue weighted by molar-refractivity contribution is 0.528. The molecule has 0 radical (unpaired) electrons. The number of hydrogen-bond donors (Lipinski definition) is 2. The zero-order chi connectivity index (χ0) is 11.8. The van der Waals surface area contributed by atoms with Crippen molar-refractivity contribution in [3.63, 3.8) is 0 Å². The Balaban J connectivity index is 2.07. The van der Waals surface area contributed by atoms with Crippen LogP contribution in [0.15, 0.2) is 12.4 Å². The molecule has 1 aromatic rings. The van der Waals surface area contributed by atoms with E-state index in [0.29, 0.717) is 0 Å². The Kier molecular flexibility index (Phi) is 3.00. The van der Waals surface area contributed by atoms with E-state index in [2.05, 4.69) is 14.4 Å². The molecule has 7 heteroatoms. The molecule has 0 spiro atoms. The largest absolute Gasteiger partial charge is 0.334 e. The number of nitrogens with zero attached hydrogens (tertiary/aromatic N) is 2. The summed E-state index contributed by atoms with van der Waals surface area (Å²) in [5.74, 6) is 0.786. The molecule has 0 amide bonds. The molecule has 1 aliphatic heterocycles. The van der Waals surface area contributed by atoms with Crippen LogP contribution in [0.1, 0.15) is 32.1 Å². The van der Waals surface area contributed by atoms with Gasteiger partial charge in [-0.05, 0) is 20.3 Å². The van der Waals surface area contributed by atoms with Crippen molar-refractivity contribution >= 4 is 10.2 Å². The van der Waals surface area contributed by atoms with Gasteiger partial charge >= 0.3 is 0 Å². The van der Waals surface area contributed by atoms with Gasteiger partial charge < -0.3 is 4.57 Å². The lowest BCUT2D eigenvalue weighted by atomic mass is 10.3. The minimum absolute atomic E-state index is 0.112. The average Bonchev–Trinajstić information content (AvgIpc) is 2.66. The summed E-state index contributed by atoms with van der Waals surface area (Å²) >= 11 is 0. The molecule has 0 aliphatic carbocycles. The van der Waals surface area contributed by atoms with Crippen molar-refractivity contribution in [3.05, 3.63) is 18.2 Å². The molecular formula is C9H16N4O2S. The first-order chi connectivity index (χ1) is 7.48. The predicted molar refractivity (Wildman–Crippen MR) is 59.9 cm³/mol. The van der Waals surface area contributed by atoms with Crippen molar-refractivity contribution in [2.45, 2.75) is 38.9 Å². The number of rotatable bonds is 4. The molecule has 0 aromatic carbocycles. The Bertz CT molecular complexity index is 466. The normalized spacial score (nSPS) is 20.3. The highest BCUT2D eigenvalue weighted by molar-refractivity contribution is 7.87. The summed E-state index contributed by atoms with van der Waals surface area (Å²) in [5, 5.41) is 0. The fourth-order valence-electron chi connectivity index (χ4n) is 1.86. The van der Waals surface area contributed by atoms with Gasteiger partial charge in [0.05, 0.1) is 6.04 Å². The standard InChI is InChI=1S/C9H16N4O2S/c1-7(2)11-16(14,15)12-8-3-5-13-6-4-10-9(8)13/h4,6-8,11-12H,3,5H2,1-2H3. The van der Waals surface area contributed by atoms with Gasteiger partial charge in [0.1, 0.15) is 5.82 Å². The maximum Gasteiger partial charge on any atom is 0.277 e. The van der Waals surface area contributed by atoms with Gasteiger partial charge in [0.2, 0.25) is 0 Å². The second-order valence-electron chi connectivity index (χ2n) is 4.21. The lowest BCUT2D eigenvalue weighted by Crippen LogP contribution is -2.41. The Labute approximate surface area is 95.2 Å². The highest BCUT2D eigenvalue weighted by atomic mass is 32.2. The predicted octanol–water partition coefficient (Wildman–Crippen LogP) is 0.160. The molecule has 0 fully saturated rings. The lowest BCUT2D eigenvalue weighted by Gasteiger charge is -2.14. The molecule has 1 aliphatic rings. The first-order valence-electron chi connectivity index (χ1n) is 5.28. The van der Waals surface area contributed by atoms with Gasteiger partial charge in [0.15, 0.2) is 0 Å². The first-order valence-corrected chi connectivity index (χ1v) is 6.77. The highest BCUT2D eigenvalue weighted by Gasteiger charge is 2.27. The third-order valence-electron chi connectivity index (χ3n) is 2.41. The molecular weight excluding hydrogens is 228 g/mol. The third-order valence-corrected chi connectivity index (χ3v) is 3.78. The molecule has 0 saturated carbocycles. The van der Waals surface area contributed by atoms with E-state index in [-0.39, 0.29) is 12.1 Å². The van der Waals surface area contributed by atoms with Crippen molar-refractivity contribution in [2.24, 2.45) is 0 Å². The van der Waals surface area contributed by atoms with Crippen molar-refractivity contribution in [3.8, 4) is 0 Å². The van der Waals surface area contributed by atoms with Gasteiger partial charge in [-0.3, -0.25) is 0 Å². The summed E-state index contributed by atoms with van der Waals surface area (Å²) in [6, 6.07) is -0.329. The molecule has 16 heavy (non-hydrogen) atoms. The van der Waals surface area contributed by atoms with E-state index in [1.165, 1.54) is 0 Å². The monoisotopic (exact) mass is 244 g/mol. The number of nitrogens with one attached hydrogen (secondary N) is 2. The summed E-state index contributed by atoms with van der Waals surface area (Å²) in [6.45, 7) is 4.38. The number of aromatic nitrogens is 2. The van der Waals surface area contributed by atoms with Crippen LogP contribution in [0.2, 0.25) is 0 Å². The van der Waals surface area contributed by atoms with Gasteiger partial charge in [0.25, 0.3) is 10.2 Å². The summed E-state index contributed by atoms with van der Waals surface area (Å²) in [6.07, 6.45) is 4.30. The fraction of sp³-hybridized carbons (Fsp3) is 0.667. The second-order valence-corrected chi connectivity index (χ2v) is 5.69. The fourth-order valence-corrected chi connectivity index (χ4v) is 3.15. The van der Waals surface area contributed by atoms with E-state index in [9.17, 15) is 8.42 Å². The number of hydrogen-bond acceptors (Lipinski definition) is 3. The smallest absolute Gasteiger partial charge is 0.277 e. The van der Waals surface area contributed by atoms with E-state index >= 15 is 0 Å². The molecule has 6 nitrogen and oxygen atoms in total. The van der Waals surface area contributed by atoms with E-state index in [1.807, 2.05) is 10.8 Å². The SMILES string of the molecule is CC(C)NS(=O)(=O)NC1CCn2ccnc21. The third kappa shape index (κ3) is 2.42. The Morgan fingerprint density at radius 3 is 3.00 bits per heavy atom. The van der Waals surface area contributed by atoms with Crippen LogP contribution < -0.4 is 9.44 Å². The van der Waals surface area contributed by atoms with Crippen LogP contribution in [0.3, 0.4) is 0 Å². The Morgan fingerprint density at radius 2 is 2.31 bits per heavy atom. The molecule has 0 bridgehead atoms. The second kappa shape index (κ2) is 4.15. The van der Waals surface area contributed by atoms with Crippen molar-refractivity contribution in [1.29, 1.82) is 0 Å². The topological polar surface area (TPSA) is 76.0 Å². The van der Waals surface area contributed by atoms with Crippen molar-refractivity contribution in [1.82, 2.24) is 19.0 Å². The average molecular weight is 244 g/mol. The summed E-state index contributed by atoms with van der Waals surface area (Å²) in [4.78, 5) is 4.15. The van der Waals surface area contributed by atoms with E-state index < -0.39 is 10.2 Å². The minimum Gasteiger partial charge on any atom is -0.334 e. The summed E-state index contributed by atoms with van der Waals surface area (Å²) in [5.41, 5.74) is 0. The minimum atomic E-state index is -3.44. The maximum absolute atomic E-state index is 11.7. The van der Waals surface area contributed by atoms with Gasteiger partial charge in [0, 0.05) is 25.0 Å². The van der Waals surface area contributed by atoms with Crippen LogP contribution in [-0.2, 0) is 16.8 Å². The Hall–Kier alpha value is -0.920. The first kappa shape index (κ1) is 11.6. The molecule has 1 aromatic heterocycles. The van der Waals surface area contributed by atoms with Crippen LogP contribution in [-0.4, -0.2) is 24.0 Å². The van der Waals surface area contributed by atoms with Crippen LogP contribution in [0.25, 0.3) is 0 Å². The van der Waals surface area contributed by atoms with Gasteiger partial charge in [-0.25, -0.2) is 4.98 Å². The molecule has 90 valence electrons. The van der Waals surface area contributed by atoms with Crippen LogP contribution in [0.4, 0.5) is 0 Å². The van der Waals surface area contributed by atoms with Crippen LogP contribution >= 0.6 is 0 Å². The molecule has 2 N–H and O–H groups in total. The van der Waals surface area contributed by atoms with E-state index in [1.54, 1.807) is 20.0 Å². The molecule has 2 heterocycles. The van der Waals surface area contributed by atoms with Crippen LogP contribution in [0, 0.1) is 0 Å². The maximum atomic E-state index is 11.7. The zero-order valence-corrected chi connectivity index (χ0v) is 10.2. The van der Waals surface area contributed by atoms with Crippen LogP contribution in [0.5, 0.6) is 0 Å². The molecule has 2 rings (SSSR count). The molecule has 1 atom stereocenters.